The third-order valence-corrected chi connectivity index (χ3v) is 5.02. The highest BCUT2D eigenvalue weighted by Crippen LogP contribution is 2.07. The molecule has 0 aliphatic heterocycles. The van der Waals surface area contributed by atoms with Crippen molar-refractivity contribution in [3.8, 4) is 0 Å². The van der Waals surface area contributed by atoms with Gasteiger partial charge in [0.1, 0.15) is 18.1 Å². The van der Waals surface area contributed by atoms with Crippen LogP contribution in [0.2, 0.25) is 0 Å². The quantitative estimate of drug-likeness (QED) is 0.206. The van der Waals surface area contributed by atoms with Gasteiger partial charge in [-0.15, -0.1) is 0 Å². The Balaban J connectivity index is 3.06. The molecule has 4 amide bonds. The van der Waals surface area contributed by atoms with Gasteiger partial charge in [0.2, 0.25) is 23.6 Å². The van der Waals surface area contributed by atoms with Crippen molar-refractivity contribution in [1.29, 1.82) is 0 Å². The second-order valence-corrected chi connectivity index (χ2v) is 8.62. The molecule has 1 rings (SSSR count). The highest BCUT2D eigenvalue weighted by molar-refractivity contribution is 5.94. The van der Waals surface area contributed by atoms with E-state index in [-0.39, 0.29) is 25.2 Å². The molecule has 8 N–H and O–H groups in total. The number of nitrogens with one attached hydrogen (secondary N) is 3. The van der Waals surface area contributed by atoms with Crippen molar-refractivity contribution in [3.63, 3.8) is 0 Å². The highest BCUT2D eigenvalue weighted by Gasteiger charge is 2.30. The van der Waals surface area contributed by atoms with E-state index in [4.69, 9.17) is 16.6 Å². The fourth-order valence-electron chi connectivity index (χ4n) is 3.16. The lowest BCUT2D eigenvalue weighted by molar-refractivity contribution is -0.141. The zero-order chi connectivity index (χ0) is 25.8. The molecule has 0 aliphatic rings. The number of carbonyl (C=O) groups excluding carboxylic acids is 4. The SMILES string of the molecule is CC(C)C[C@H](N)C(=O)N[C@@H](CCC(N)=O)C(=O)N[C@@H](Cc1ccccc1)C(=O)N[C@@H](C)C(=O)O. The van der Waals surface area contributed by atoms with E-state index in [1.165, 1.54) is 6.92 Å². The molecular weight excluding hydrogens is 442 g/mol. The summed E-state index contributed by atoms with van der Waals surface area (Å²) in [4.78, 5) is 60.7. The highest BCUT2D eigenvalue weighted by atomic mass is 16.4. The van der Waals surface area contributed by atoms with Crippen LogP contribution in [0.3, 0.4) is 0 Å². The molecule has 0 spiro atoms. The molecule has 34 heavy (non-hydrogen) atoms. The van der Waals surface area contributed by atoms with Crippen LogP contribution in [0.5, 0.6) is 0 Å². The van der Waals surface area contributed by atoms with Gasteiger partial charge in [0, 0.05) is 12.8 Å². The van der Waals surface area contributed by atoms with Gasteiger partial charge in [0.15, 0.2) is 0 Å². The van der Waals surface area contributed by atoms with E-state index in [9.17, 15) is 24.0 Å². The number of hydrogen-bond acceptors (Lipinski definition) is 6. The van der Waals surface area contributed by atoms with E-state index in [1.807, 2.05) is 13.8 Å². The summed E-state index contributed by atoms with van der Waals surface area (Å²) in [7, 11) is 0. The van der Waals surface area contributed by atoms with Gasteiger partial charge in [-0.1, -0.05) is 44.2 Å². The first-order chi connectivity index (χ1) is 15.9. The van der Waals surface area contributed by atoms with E-state index in [0.29, 0.717) is 6.42 Å². The molecule has 0 fully saturated rings. The Hall–Kier alpha value is -3.47. The van der Waals surface area contributed by atoms with Crippen LogP contribution in [0, 0.1) is 5.92 Å². The summed E-state index contributed by atoms with van der Waals surface area (Å²) in [5.41, 5.74) is 11.8. The van der Waals surface area contributed by atoms with E-state index >= 15 is 0 Å². The molecule has 1 aromatic carbocycles. The van der Waals surface area contributed by atoms with Crippen molar-refractivity contribution in [3.05, 3.63) is 35.9 Å². The Morgan fingerprint density at radius 2 is 1.44 bits per heavy atom. The van der Waals surface area contributed by atoms with E-state index in [0.717, 1.165) is 5.56 Å². The predicted molar refractivity (Wildman–Crippen MR) is 125 cm³/mol. The first-order valence-electron chi connectivity index (χ1n) is 11.1. The normalized spacial score (nSPS) is 14.4. The fraction of sp³-hybridized carbons (Fsp3) is 0.522. The number of aliphatic carboxylic acids is 1. The Labute approximate surface area is 199 Å². The number of primary amides is 1. The number of benzene rings is 1. The minimum absolute atomic E-state index is 0.0775. The number of carboxylic acid groups (broad SMARTS) is 1. The van der Waals surface area contributed by atoms with Crippen molar-refractivity contribution in [2.45, 2.75) is 70.6 Å². The Bertz CT molecular complexity index is 861. The Morgan fingerprint density at radius 3 is 1.97 bits per heavy atom. The molecule has 0 radical (unpaired) electrons. The van der Waals surface area contributed by atoms with Crippen molar-refractivity contribution >= 4 is 29.6 Å². The largest absolute Gasteiger partial charge is 0.480 e. The minimum Gasteiger partial charge on any atom is -0.480 e. The van der Waals surface area contributed by atoms with Gasteiger partial charge in [-0.3, -0.25) is 24.0 Å². The van der Waals surface area contributed by atoms with Crippen LogP contribution in [0.25, 0.3) is 0 Å². The van der Waals surface area contributed by atoms with Gasteiger partial charge < -0.3 is 32.5 Å². The van der Waals surface area contributed by atoms with Gasteiger partial charge in [0.25, 0.3) is 0 Å². The molecule has 0 aromatic heterocycles. The van der Waals surface area contributed by atoms with E-state index in [2.05, 4.69) is 16.0 Å². The number of amides is 4. The molecule has 11 nitrogen and oxygen atoms in total. The molecule has 11 heteroatoms. The summed E-state index contributed by atoms with van der Waals surface area (Å²) < 4.78 is 0. The number of nitrogens with two attached hydrogens (primary N) is 2. The Kier molecular flexibility index (Phi) is 11.7. The van der Waals surface area contributed by atoms with Crippen LogP contribution in [0.4, 0.5) is 0 Å². The van der Waals surface area contributed by atoms with Gasteiger partial charge in [-0.2, -0.15) is 0 Å². The molecule has 4 atom stereocenters. The summed E-state index contributed by atoms with van der Waals surface area (Å²) >= 11 is 0. The fourth-order valence-corrected chi connectivity index (χ4v) is 3.16. The maximum atomic E-state index is 13.0. The second-order valence-electron chi connectivity index (χ2n) is 8.62. The van der Waals surface area contributed by atoms with Gasteiger partial charge in [0.05, 0.1) is 6.04 Å². The number of hydrogen-bond donors (Lipinski definition) is 6. The topological polar surface area (TPSA) is 194 Å². The number of rotatable bonds is 14. The summed E-state index contributed by atoms with van der Waals surface area (Å²) in [5.74, 6) is -3.74. The van der Waals surface area contributed by atoms with E-state index in [1.54, 1.807) is 30.3 Å². The average molecular weight is 478 g/mol. The maximum absolute atomic E-state index is 13.0. The molecule has 0 heterocycles. The van der Waals surface area contributed by atoms with Gasteiger partial charge >= 0.3 is 5.97 Å². The lowest BCUT2D eigenvalue weighted by atomic mass is 10.0. The predicted octanol–water partition coefficient (Wildman–Crippen LogP) is -0.573. The van der Waals surface area contributed by atoms with Crippen molar-refractivity contribution in [2.24, 2.45) is 17.4 Å². The molecule has 0 bridgehead atoms. The average Bonchev–Trinajstić information content (AvgIpc) is 2.75. The summed E-state index contributed by atoms with van der Waals surface area (Å²) in [5, 5.41) is 16.5. The summed E-state index contributed by atoms with van der Waals surface area (Å²) in [6.45, 7) is 5.10. The smallest absolute Gasteiger partial charge is 0.325 e. The molecular formula is C23H35N5O6. The summed E-state index contributed by atoms with van der Waals surface area (Å²) in [6, 6.07) is 4.49. The molecule has 0 saturated carbocycles. The van der Waals surface area contributed by atoms with Crippen molar-refractivity contribution in [1.82, 2.24) is 16.0 Å². The lowest BCUT2D eigenvalue weighted by Crippen LogP contribution is -2.57. The molecule has 0 aliphatic carbocycles. The second kappa shape index (κ2) is 13.9. The molecule has 188 valence electrons. The number of carbonyl (C=O) groups is 5. The maximum Gasteiger partial charge on any atom is 0.325 e. The van der Waals surface area contributed by atoms with Crippen LogP contribution in [-0.2, 0) is 30.4 Å². The van der Waals surface area contributed by atoms with Crippen LogP contribution < -0.4 is 27.4 Å². The van der Waals surface area contributed by atoms with Crippen LogP contribution in [-0.4, -0.2) is 58.9 Å². The first-order valence-corrected chi connectivity index (χ1v) is 11.1. The van der Waals surface area contributed by atoms with Gasteiger partial charge in [-0.25, -0.2) is 0 Å². The van der Waals surface area contributed by atoms with Gasteiger partial charge in [-0.05, 0) is 31.2 Å². The van der Waals surface area contributed by atoms with Crippen molar-refractivity contribution < 1.29 is 29.1 Å². The molecule has 0 unspecified atom stereocenters. The zero-order valence-electron chi connectivity index (χ0n) is 19.7. The third-order valence-electron chi connectivity index (χ3n) is 5.02. The molecule has 0 saturated heterocycles. The Morgan fingerprint density at radius 1 is 0.882 bits per heavy atom. The lowest BCUT2D eigenvalue weighted by Gasteiger charge is -2.25. The standard InChI is InChI=1S/C23H35N5O6/c1-13(2)11-16(24)20(30)27-17(9-10-19(25)29)21(31)28-18(12-15-7-5-4-6-8-15)22(32)26-14(3)23(33)34/h4-8,13-14,16-18H,9-12,24H2,1-3H3,(H2,25,29)(H,26,32)(H,27,30)(H,28,31)(H,33,34)/t14-,16-,17-,18-/m0/s1. The monoisotopic (exact) mass is 477 g/mol. The van der Waals surface area contributed by atoms with Crippen LogP contribution in [0.1, 0.15) is 45.6 Å². The number of carboxylic acids is 1. The summed E-state index contributed by atoms with van der Waals surface area (Å²) in [6.07, 6.45) is 0.200. The van der Waals surface area contributed by atoms with E-state index < -0.39 is 53.8 Å². The molecule has 1 aromatic rings. The first kappa shape index (κ1) is 28.6. The van der Waals surface area contributed by atoms with Crippen LogP contribution in [0.15, 0.2) is 30.3 Å². The zero-order valence-corrected chi connectivity index (χ0v) is 19.7. The minimum atomic E-state index is -1.23. The third kappa shape index (κ3) is 10.4. The van der Waals surface area contributed by atoms with Crippen LogP contribution >= 0.6 is 0 Å². The van der Waals surface area contributed by atoms with Crippen molar-refractivity contribution in [2.75, 3.05) is 0 Å².